The highest BCUT2D eigenvalue weighted by Crippen LogP contribution is 2.39. The van der Waals surface area contributed by atoms with Crippen LogP contribution in [0.5, 0.6) is 11.5 Å². The first-order chi connectivity index (χ1) is 8.15. The van der Waals surface area contributed by atoms with E-state index in [0.717, 1.165) is 0 Å². The summed E-state index contributed by atoms with van der Waals surface area (Å²) in [4.78, 5) is 10.6. The molecule has 17 heavy (non-hydrogen) atoms. The highest BCUT2D eigenvalue weighted by molar-refractivity contribution is 5.82. The van der Waals surface area contributed by atoms with Gasteiger partial charge in [0.25, 0.3) is 0 Å². The fourth-order valence-electron chi connectivity index (χ4n) is 1.60. The molecule has 1 aromatic carbocycles. The summed E-state index contributed by atoms with van der Waals surface area (Å²) in [6, 6.07) is 2.77. The van der Waals surface area contributed by atoms with Crippen LogP contribution in [-0.2, 0) is 4.79 Å². The number of ether oxygens (including phenoxy) is 1. The van der Waals surface area contributed by atoms with Crippen molar-refractivity contribution in [1.82, 2.24) is 0 Å². The number of anilines is 1. The Bertz CT molecular complexity index is 485. The highest BCUT2D eigenvalue weighted by atomic mass is 16.5. The van der Waals surface area contributed by atoms with Crippen LogP contribution in [0.3, 0.4) is 0 Å². The zero-order chi connectivity index (χ0) is 12.4. The van der Waals surface area contributed by atoms with Gasteiger partial charge in [0.2, 0.25) is 0 Å². The number of rotatable bonds is 3. The minimum Gasteiger partial charge on any atom is -0.508 e. The van der Waals surface area contributed by atoms with Crippen LogP contribution in [-0.4, -0.2) is 23.0 Å². The zero-order valence-corrected chi connectivity index (χ0v) is 8.88. The third kappa shape index (κ3) is 2.08. The van der Waals surface area contributed by atoms with Crippen LogP contribution in [0.1, 0.15) is 11.7 Å². The molecule has 0 spiro atoms. The molecule has 6 nitrogen and oxygen atoms in total. The Labute approximate surface area is 97.3 Å². The van der Waals surface area contributed by atoms with Gasteiger partial charge < -0.3 is 26.0 Å². The largest absolute Gasteiger partial charge is 0.508 e. The predicted molar refractivity (Wildman–Crippen MR) is 60.5 cm³/mol. The second-order valence-corrected chi connectivity index (χ2v) is 3.60. The Balaban J connectivity index is 2.47. The number of hydrogen-bond donors (Lipinski definition) is 4. The maximum Gasteiger partial charge on any atom is 0.169 e. The smallest absolute Gasteiger partial charge is 0.169 e. The number of phenolic OH excluding ortho intramolecular Hbond substituents is 1. The summed E-state index contributed by atoms with van der Waals surface area (Å²) in [6.07, 6.45) is 0.884. The Morgan fingerprint density at radius 3 is 2.94 bits per heavy atom. The molecule has 6 heteroatoms. The van der Waals surface area contributed by atoms with Crippen LogP contribution >= 0.6 is 0 Å². The number of benzene rings is 1. The molecular weight excluding hydrogens is 224 g/mol. The molecule has 90 valence electrons. The predicted octanol–water partition coefficient (Wildman–Crippen LogP) is 0.229. The van der Waals surface area contributed by atoms with Gasteiger partial charge in [-0.15, -0.1) is 0 Å². The summed E-state index contributed by atoms with van der Waals surface area (Å²) < 4.78 is 5.25. The number of aldehydes is 1. The minimum absolute atomic E-state index is 0.00348. The first-order valence-electron chi connectivity index (χ1n) is 4.99. The monoisotopic (exact) mass is 236 g/mol. The highest BCUT2D eigenvalue weighted by Gasteiger charge is 2.21. The van der Waals surface area contributed by atoms with E-state index in [1.165, 1.54) is 18.4 Å². The minimum atomic E-state index is -0.941. The van der Waals surface area contributed by atoms with E-state index in [-0.39, 0.29) is 18.0 Å². The van der Waals surface area contributed by atoms with Crippen molar-refractivity contribution in [3.05, 3.63) is 29.7 Å². The van der Waals surface area contributed by atoms with Gasteiger partial charge in [-0.2, -0.15) is 0 Å². The summed E-state index contributed by atoms with van der Waals surface area (Å²) in [5.74, 6) is 0.306. The van der Waals surface area contributed by atoms with Crippen LogP contribution in [0, 0.1) is 0 Å². The van der Waals surface area contributed by atoms with E-state index in [1.54, 1.807) is 0 Å². The van der Waals surface area contributed by atoms with Gasteiger partial charge >= 0.3 is 0 Å². The second-order valence-electron chi connectivity index (χ2n) is 3.60. The lowest BCUT2D eigenvalue weighted by Crippen LogP contribution is -2.16. The van der Waals surface area contributed by atoms with Crippen LogP contribution in [0.2, 0.25) is 0 Å². The number of aromatic hydroxyl groups is 1. The number of allylic oxidation sites excluding steroid dienone is 1. The fourth-order valence-corrected chi connectivity index (χ4v) is 1.60. The number of fused-ring (bicyclic) bond motifs is 1. The van der Waals surface area contributed by atoms with Crippen molar-refractivity contribution in [1.29, 1.82) is 0 Å². The molecule has 0 radical (unpaired) electrons. The van der Waals surface area contributed by atoms with Crippen LogP contribution < -0.4 is 15.8 Å². The average Bonchev–Trinajstić information content (AvgIpc) is 2.35. The summed E-state index contributed by atoms with van der Waals surface area (Å²) in [7, 11) is 0. The quantitative estimate of drug-likeness (QED) is 0.560. The van der Waals surface area contributed by atoms with Crippen molar-refractivity contribution < 1.29 is 19.7 Å². The van der Waals surface area contributed by atoms with Gasteiger partial charge in [-0.1, -0.05) is 0 Å². The molecule has 5 N–H and O–H groups in total. The molecule has 0 bridgehead atoms. The molecule has 0 unspecified atom stereocenters. The van der Waals surface area contributed by atoms with Crippen molar-refractivity contribution >= 4 is 12.0 Å². The molecule has 0 saturated carbocycles. The van der Waals surface area contributed by atoms with E-state index in [9.17, 15) is 15.0 Å². The zero-order valence-electron chi connectivity index (χ0n) is 8.88. The van der Waals surface area contributed by atoms with Gasteiger partial charge in [0, 0.05) is 18.2 Å². The number of aliphatic hydroxyl groups excluding tert-OH is 1. The second kappa shape index (κ2) is 4.44. The van der Waals surface area contributed by atoms with E-state index in [0.29, 0.717) is 23.3 Å². The number of phenols is 1. The van der Waals surface area contributed by atoms with Gasteiger partial charge in [0.15, 0.2) is 12.0 Å². The van der Waals surface area contributed by atoms with Crippen molar-refractivity contribution in [2.45, 2.75) is 6.10 Å². The van der Waals surface area contributed by atoms with Crippen LogP contribution in [0.15, 0.2) is 24.1 Å². The molecule has 1 aliphatic heterocycles. The maximum atomic E-state index is 10.6. The molecule has 0 fully saturated rings. The Morgan fingerprint density at radius 2 is 2.29 bits per heavy atom. The average molecular weight is 236 g/mol. The fraction of sp³-hybridized carbons (Fsp3) is 0.182. The Hall–Kier alpha value is -2.05. The summed E-state index contributed by atoms with van der Waals surface area (Å²) in [6.45, 7) is 0.00348. The summed E-state index contributed by atoms with van der Waals surface area (Å²) >= 11 is 0. The lowest BCUT2D eigenvalue weighted by atomic mass is 10.1. The normalized spacial score (nSPS) is 15.1. The Morgan fingerprint density at radius 1 is 1.53 bits per heavy atom. The van der Waals surface area contributed by atoms with E-state index in [1.807, 2.05) is 0 Å². The first kappa shape index (κ1) is 11.4. The SMILES string of the molecule is NC[C@H](O)c1cc(O)cc2c1OC=C(C=O)N2. The molecular formula is C11H12N2O4. The third-order valence-electron chi connectivity index (χ3n) is 2.39. The molecule has 2 rings (SSSR count). The topological polar surface area (TPSA) is 105 Å². The molecule has 0 amide bonds. The van der Waals surface area contributed by atoms with Gasteiger partial charge in [-0.25, -0.2) is 0 Å². The summed E-state index contributed by atoms with van der Waals surface area (Å²) in [5.41, 5.74) is 6.38. The van der Waals surface area contributed by atoms with E-state index in [4.69, 9.17) is 10.5 Å². The molecule has 0 aliphatic carbocycles. The molecule has 0 saturated heterocycles. The van der Waals surface area contributed by atoms with Gasteiger partial charge in [-0.05, 0) is 6.07 Å². The van der Waals surface area contributed by atoms with Crippen LogP contribution in [0.25, 0.3) is 0 Å². The molecule has 0 aromatic heterocycles. The third-order valence-corrected chi connectivity index (χ3v) is 2.39. The van der Waals surface area contributed by atoms with Crippen molar-refractivity contribution in [2.75, 3.05) is 11.9 Å². The van der Waals surface area contributed by atoms with E-state index < -0.39 is 6.10 Å². The van der Waals surface area contributed by atoms with Crippen LogP contribution in [0.4, 0.5) is 5.69 Å². The number of aliphatic hydroxyl groups is 1. The number of nitrogens with one attached hydrogen (secondary N) is 1. The number of nitrogens with two attached hydrogens (primary N) is 1. The van der Waals surface area contributed by atoms with Gasteiger partial charge in [0.1, 0.15) is 17.7 Å². The molecule has 1 aliphatic rings. The Kier molecular flexibility index (Phi) is 2.99. The standard InChI is InChI=1S/C11H12N2O4/c12-3-10(16)8-1-7(15)2-9-11(8)17-5-6(4-14)13-9/h1-2,4-5,10,13,15-16H,3,12H2/t10-/m0/s1. The van der Waals surface area contributed by atoms with Gasteiger partial charge in [0.05, 0.1) is 11.8 Å². The number of carbonyl (C=O) groups is 1. The first-order valence-corrected chi connectivity index (χ1v) is 4.99. The van der Waals surface area contributed by atoms with Crippen molar-refractivity contribution in [3.63, 3.8) is 0 Å². The molecule has 1 aromatic rings. The van der Waals surface area contributed by atoms with E-state index >= 15 is 0 Å². The van der Waals surface area contributed by atoms with Gasteiger partial charge in [-0.3, -0.25) is 4.79 Å². The number of hydrogen-bond acceptors (Lipinski definition) is 6. The molecule has 1 heterocycles. The lowest BCUT2D eigenvalue weighted by Gasteiger charge is -2.21. The maximum absolute atomic E-state index is 10.6. The summed E-state index contributed by atoms with van der Waals surface area (Å²) in [5, 5.41) is 22.0. The van der Waals surface area contributed by atoms with Crippen molar-refractivity contribution in [2.24, 2.45) is 5.73 Å². The van der Waals surface area contributed by atoms with E-state index in [2.05, 4.69) is 5.32 Å². The van der Waals surface area contributed by atoms with Crippen molar-refractivity contribution in [3.8, 4) is 11.5 Å². The number of carbonyl (C=O) groups excluding carboxylic acids is 1. The lowest BCUT2D eigenvalue weighted by molar-refractivity contribution is -0.104. The molecule has 1 atom stereocenters.